The molecule has 102 valence electrons. The van der Waals surface area contributed by atoms with E-state index in [9.17, 15) is 4.79 Å². The molecule has 0 saturated heterocycles. The van der Waals surface area contributed by atoms with Gasteiger partial charge >= 0.3 is 0 Å². The quantitative estimate of drug-likeness (QED) is 0.723. The molecule has 0 bridgehead atoms. The highest BCUT2D eigenvalue weighted by atomic mass is 79.9. The van der Waals surface area contributed by atoms with E-state index in [1.54, 1.807) is 11.8 Å². The number of hydrogen-bond donors (Lipinski definition) is 0. The summed E-state index contributed by atoms with van der Waals surface area (Å²) in [5, 5.41) is 0. The predicted octanol–water partition coefficient (Wildman–Crippen LogP) is 4.88. The van der Waals surface area contributed by atoms with Crippen molar-refractivity contribution in [1.29, 1.82) is 0 Å². The van der Waals surface area contributed by atoms with Crippen LogP contribution in [0, 0.1) is 0 Å². The molecule has 0 fully saturated rings. The Labute approximate surface area is 130 Å². The van der Waals surface area contributed by atoms with Crippen molar-refractivity contribution in [3.8, 4) is 5.75 Å². The van der Waals surface area contributed by atoms with Crippen molar-refractivity contribution in [1.82, 2.24) is 0 Å². The van der Waals surface area contributed by atoms with Crippen molar-refractivity contribution >= 4 is 33.5 Å². The molecular weight excluding hydrogens is 336 g/mol. The molecule has 0 spiro atoms. The fourth-order valence-electron chi connectivity index (χ4n) is 2.30. The van der Waals surface area contributed by atoms with Gasteiger partial charge in [-0.05, 0) is 42.2 Å². The number of ether oxygens (including phenoxy) is 1. The third-order valence-electron chi connectivity index (χ3n) is 3.37. The Balaban J connectivity index is 1.91. The van der Waals surface area contributed by atoms with Gasteiger partial charge in [-0.25, -0.2) is 0 Å². The van der Waals surface area contributed by atoms with E-state index in [0.717, 1.165) is 10.0 Å². The number of carbonyl (C=O) groups excluding carboxylic acids is 1. The molecule has 3 rings (SSSR count). The van der Waals surface area contributed by atoms with Crippen molar-refractivity contribution in [3.63, 3.8) is 0 Å². The number of ketones is 1. The van der Waals surface area contributed by atoms with Crippen LogP contribution in [0.15, 0.2) is 51.8 Å². The number of carbonyl (C=O) groups is 1. The van der Waals surface area contributed by atoms with Gasteiger partial charge in [0.25, 0.3) is 0 Å². The summed E-state index contributed by atoms with van der Waals surface area (Å²) in [7, 11) is 0. The summed E-state index contributed by atoms with van der Waals surface area (Å²) in [6.07, 6.45) is 2.25. The summed E-state index contributed by atoms with van der Waals surface area (Å²) in [5.41, 5.74) is 1.71. The van der Waals surface area contributed by atoms with E-state index in [2.05, 4.69) is 28.1 Å². The second-order valence-electron chi connectivity index (χ2n) is 4.65. The van der Waals surface area contributed by atoms with Crippen LogP contribution in [0.2, 0.25) is 0 Å². The van der Waals surface area contributed by atoms with Gasteiger partial charge in [-0.2, -0.15) is 0 Å². The number of benzene rings is 2. The Morgan fingerprint density at radius 1 is 1.20 bits per heavy atom. The second kappa shape index (κ2) is 5.62. The molecule has 2 aromatic rings. The van der Waals surface area contributed by atoms with Crippen LogP contribution in [-0.4, -0.2) is 12.0 Å². The maximum atomic E-state index is 12.2. The smallest absolute Gasteiger partial charge is 0.170 e. The zero-order chi connectivity index (χ0) is 14.1. The van der Waals surface area contributed by atoms with Gasteiger partial charge in [-0.15, -0.1) is 11.8 Å². The molecule has 0 saturated carbocycles. The van der Waals surface area contributed by atoms with Crippen molar-refractivity contribution in [2.24, 2.45) is 0 Å². The van der Waals surface area contributed by atoms with Gasteiger partial charge in [0, 0.05) is 9.37 Å². The Hall–Kier alpha value is -1.26. The van der Waals surface area contributed by atoms with Crippen molar-refractivity contribution < 1.29 is 9.53 Å². The van der Waals surface area contributed by atoms with Crippen LogP contribution in [0.4, 0.5) is 0 Å². The maximum absolute atomic E-state index is 12.2. The van der Waals surface area contributed by atoms with E-state index >= 15 is 0 Å². The molecule has 0 amide bonds. The molecular formula is C16H13BrO2S. The number of hydrogen-bond acceptors (Lipinski definition) is 3. The largest absolute Gasteiger partial charge is 0.484 e. The molecule has 4 heteroatoms. The summed E-state index contributed by atoms with van der Waals surface area (Å²) in [6.45, 7) is 0. The molecule has 2 nitrogen and oxygen atoms in total. The average molecular weight is 349 g/mol. The van der Waals surface area contributed by atoms with Crippen LogP contribution in [0.3, 0.4) is 0 Å². The normalized spacial score (nSPS) is 17.5. The molecule has 0 N–H and O–H groups in total. The molecule has 1 unspecified atom stereocenters. The van der Waals surface area contributed by atoms with Gasteiger partial charge in [0.2, 0.25) is 0 Å². The molecule has 0 radical (unpaired) electrons. The number of rotatable bonds is 2. The lowest BCUT2D eigenvalue weighted by Gasteiger charge is -2.25. The number of thioether (sulfide) groups is 1. The maximum Gasteiger partial charge on any atom is 0.170 e. The molecule has 1 heterocycles. The van der Waals surface area contributed by atoms with Gasteiger partial charge in [-0.3, -0.25) is 4.79 Å². The molecule has 2 aromatic carbocycles. The zero-order valence-corrected chi connectivity index (χ0v) is 13.3. The number of Topliss-reactive ketones (excluding diaryl/α,β-unsaturated/α-hetero) is 1. The Bertz CT molecular complexity index is 652. The topological polar surface area (TPSA) is 26.3 Å². The van der Waals surface area contributed by atoms with Crippen LogP contribution < -0.4 is 4.74 Å². The Morgan fingerprint density at radius 3 is 2.65 bits per heavy atom. The Morgan fingerprint density at radius 2 is 1.95 bits per heavy atom. The lowest BCUT2D eigenvalue weighted by molar-refractivity contribution is 0.0850. The number of fused-ring (bicyclic) bond motifs is 1. The third kappa shape index (κ3) is 2.63. The fraction of sp³-hybridized carbons (Fsp3) is 0.188. The molecule has 0 aromatic heterocycles. The van der Waals surface area contributed by atoms with E-state index in [1.165, 1.54) is 4.90 Å². The van der Waals surface area contributed by atoms with E-state index < -0.39 is 0 Å². The summed E-state index contributed by atoms with van der Waals surface area (Å²) in [5.74, 6) is 0.798. The number of halogens is 1. The van der Waals surface area contributed by atoms with Crippen LogP contribution in [-0.2, 0) is 0 Å². The summed E-state index contributed by atoms with van der Waals surface area (Å²) < 4.78 is 6.90. The van der Waals surface area contributed by atoms with Gasteiger partial charge in [0.15, 0.2) is 5.78 Å². The average Bonchev–Trinajstić information content (AvgIpc) is 2.46. The summed E-state index contributed by atoms with van der Waals surface area (Å²) in [4.78, 5) is 13.4. The van der Waals surface area contributed by atoms with Crippen LogP contribution in [0.5, 0.6) is 5.75 Å². The minimum absolute atomic E-state index is 0.137. The first-order chi connectivity index (χ1) is 9.67. The van der Waals surface area contributed by atoms with Crippen LogP contribution in [0.25, 0.3) is 0 Å². The highest BCUT2D eigenvalue weighted by Gasteiger charge is 2.27. The first-order valence-corrected chi connectivity index (χ1v) is 8.32. The van der Waals surface area contributed by atoms with Crippen LogP contribution >= 0.6 is 27.7 Å². The van der Waals surface area contributed by atoms with Gasteiger partial charge in [-0.1, -0.05) is 28.1 Å². The van der Waals surface area contributed by atoms with Crippen LogP contribution in [0.1, 0.15) is 28.4 Å². The van der Waals surface area contributed by atoms with E-state index in [-0.39, 0.29) is 11.9 Å². The van der Waals surface area contributed by atoms with E-state index in [0.29, 0.717) is 17.7 Å². The SMILES string of the molecule is CSc1ccc(C2CC(=O)c3ccc(Br)cc3O2)cc1. The lowest BCUT2D eigenvalue weighted by Crippen LogP contribution is -2.20. The first-order valence-electron chi connectivity index (χ1n) is 6.31. The standard InChI is InChI=1S/C16H13BrO2S/c1-20-12-5-2-10(3-6-12)15-9-14(18)13-7-4-11(17)8-16(13)19-15/h2-8,15H,9H2,1H3. The minimum atomic E-state index is -0.194. The van der Waals surface area contributed by atoms with Crippen molar-refractivity contribution in [2.75, 3.05) is 6.26 Å². The highest BCUT2D eigenvalue weighted by molar-refractivity contribution is 9.10. The molecule has 20 heavy (non-hydrogen) atoms. The summed E-state index contributed by atoms with van der Waals surface area (Å²) >= 11 is 5.11. The molecule has 1 atom stereocenters. The minimum Gasteiger partial charge on any atom is -0.484 e. The van der Waals surface area contributed by atoms with E-state index in [1.807, 2.05) is 36.6 Å². The molecule has 0 aliphatic carbocycles. The lowest BCUT2D eigenvalue weighted by atomic mass is 9.96. The predicted molar refractivity (Wildman–Crippen MR) is 84.7 cm³/mol. The molecule has 1 aliphatic rings. The summed E-state index contributed by atoms with van der Waals surface area (Å²) in [6, 6.07) is 13.7. The van der Waals surface area contributed by atoms with Gasteiger partial charge < -0.3 is 4.74 Å². The monoisotopic (exact) mass is 348 g/mol. The van der Waals surface area contributed by atoms with Gasteiger partial charge in [0.1, 0.15) is 11.9 Å². The zero-order valence-electron chi connectivity index (χ0n) is 10.9. The third-order valence-corrected chi connectivity index (χ3v) is 4.61. The Kier molecular flexibility index (Phi) is 3.85. The molecule has 1 aliphatic heterocycles. The van der Waals surface area contributed by atoms with Crippen molar-refractivity contribution in [2.45, 2.75) is 17.4 Å². The highest BCUT2D eigenvalue weighted by Crippen LogP contribution is 2.36. The van der Waals surface area contributed by atoms with Gasteiger partial charge in [0.05, 0.1) is 12.0 Å². The van der Waals surface area contributed by atoms with E-state index in [4.69, 9.17) is 4.74 Å². The fourth-order valence-corrected chi connectivity index (χ4v) is 3.05. The second-order valence-corrected chi connectivity index (χ2v) is 6.44. The first kappa shape index (κ1) is 13.7. The van der Waals surface area contributed by atoms with Crippen molar-refractivity contribution in [3.05, 3.63) is 58.1 Å².